The van der Waals surface area contributed by atoms with Gasteiger partial charge in [0.05, 0.1) is 13.2 Å². The molecule has 0 aliphatic carbocycles. The Labute approximate surface area is 234 Å². The van der Waals surface area contributed by atoms with E-state index in [2.05, 4.69) is 9.97 Å². The van der Waals surface area contributed by atoms with Gasteiger partial charge >= 0.3 is 6.09 Å². The minimum atomic E-state index is -0.313. The van der Waals surface area contributed by atoms with Crippen molar-refractivity contribution in [3.8, 4) is 28.9 Å². The van der Waals surface area contributed by atoms with Gasteiger partial charge in [-0.1, -0.05) is 18.2 Å². The smallest absolute Gasteiger partial charge is 0.415 e. The van der Waals surface area contributed by atoms with Crippen molar-refractivity contribution in [3.05, 3.63) is 103 Å². The van der Waals surface area contributed by atoms with Crippen LogP contribution in [0, 0.1) is 12.8 Å². The molecule has 0 atom stereocenters. The first-order chi connectivity index (χ1) is 19.6. The molecular weight excluding hydrogens is 506 g/mol. The predicted octanol–water partition coefficient (Wildman–Crippen LogP) is 6.49. The van der Waals surface area contributed by atoms with Crippen LogP contribution in [-0.4, -0.2) is 47.3 Å². The van der Waals surface area contributed by atoms with Crippen LogP contribution < -0.4 is 18.9 Å². The van der Waals surface area contributed by atoms with Crippen LogP contribution in [0.2, 0.25) is 0 Å². The average Bonchev–Trinajstić information content (AvgIpc) is 3.00. The molecular formula is C32H33N3O5. The molecule has 8 heteroatoms. The van der Waals surface area contributed by atoms with E-state index in [1.165, 1.54) is 0 Å². The van der Waals surface area contributed by atoms with Gasteiger partial charge in [-0.2, -0.15) is 0 Å². The number of likely N-dealkylation sites (tertiary alicyclic amines) is 1. The molecule has 0 bridgehead atoms. The maximum absolute atomic E-state index is 12.7. The Bertz CT molecular complexity index is 1340. The van der Waals surface area contributed by atoms with Gasteiger partial charge in [0.15, 0.2) is 0 Å². The van der Waals surface area contributed by atoms with Crippen LogP contribution in [0.15, 0.2) is 91.4 Å². The Kier molecular flexibility index (Phi) is 9.09. The van der Waals surface area contributed by atoms with Gasteiger partial charge in [0.1, 0.15) is 23.0 Å². The van der Waals surface area contributed by atoms with Crippen LogP contribution in [0.3, 0.4) is 0 Å². The van der Waals surface area contributed by atoms with Gasteiger partial charge < -0.3 is 23.8 Å². The maximum Gasteiger partial charge on any atom is 0.415 e. The fourth-order valence-corrected chi connectivity index (χ4v) is 4.35. The second-order valence-corrected chi connectivity index (χ2v) is 9.78. The largest absolute Gasteiger partial charge is 0.493 e. The van der Waals surface area contributed by atoms with Crippen LogP contribution >= 0.6 is 0 Å². The van der Waals surface area contributed by atoms with Gasteiger partial charge in [-0.3, -0.25) is 4.98 Å². The molecule has 1 saturated heterocycles. The Hall–Kier alpha value is -4.59. The lowest BCUT2D eigenvalue weighted by Gasteiger charge is -2.31. The Morgan fingerprint density at radius 1 is 0.825 bits per heavy atom. The van der Waals surface area contributed by atoms with Crippen molar-refractivity contribution in [2.45, 2.75) is 26.2 Å². The minimum Gasteiger partial charge on any atom is -0.493 e. The third-order valence-corrected chi connectivity index (χ3v) is 6.73. The van der Waals surface area contributed by atoms with Gasteiger partial charge in [-0.05, 0) is 85.3 Å². The Balaban J connectivity index is 0.994. The number of pyridine rings is 2. The molecule has 4 aromatic rings. The first kappa shape index (κ1) is 27.0. The van der Waals surface area contributed by atoms with E-state index in [9.17, 15) is 4.79 Å². The van der Waals surface area contributed by atoms with Crippen molar-refractivity contribution < 1.29 is 23.7 Å². The molecule has 2 aromatic heterocycles. The molecule has 1 aliphatic rings. The summed E-state index contributed by atoms with van der Waals surface area (Å²) in [5, 5.41) is 0. The van der Waals surface area contributed by atoms with E-state index in [1.807, 2.05) is 79.7 Å². The predicted molar refractivity (Wildman–Crippen MR) is 151 cm³/mol. The van der Waals surface area contributed by atoms with Crippen LogP contribution in [-0.2, 0) is 6.42 Å². The number of hydrogen-bond donors (Lipinski definition) is 0. The number of benzene rings is 2. The fraction of sp³-hybridized carbons (Fsp3) is 0.281. The number of carbonyl (C=O) groups excluding carboxylic acids is 1. The third kappa shape index (κ3) is 7.96. The van der Waals surface area contributed by atoms with Crippen molar-refractivity contribution in [1.29, 1.82) is 0 Å². The molecule has 40 heavy (non-hydrogen) atoms. The number of rotatable bonds is 10. The first-order valence-electron chi connectivity index (χ1n) is 13.5. The number of aromatic nitrogens is 2. The molecule has 0 saturated carbocycles. The van der Waals surface area contributed by atoms with E-state index < -0.39 is 0 Å². The molecule has 3 heterocycles. The summed E-state index contributed by atoms with van der Waals surface area (Å²) in [5.41, 5.74) is 2.20. The standard InChI is InChI=1S/C32H33N3O5/c1-24-2-11-31(34-22-24)39-29-9-7-27(8-10-29)38-23-26-14-19-35(20-15-26)32(36)40-30-5-3-25(4-6-30)16-21-37-28-12-17-33-18-13-28/h2-13,17-18,22,26H,14-16,19-21,23H2,1H3. The zero-order chi connectivity index (χ0) is 27.6. The van der Waals surface area contributed by atoms with Gasteiger partial charge in [0.2, 0.25) is 5.88 Å². The third-order valence-electron chi connectivity index (χ3n) is 6.73. The van der Waals surface area contributed by atoms with Crippen LogP contribution in [0.25, 0.3) is 0 Å². The lowest BCUT2D eigenvalue weighted by molar-refractivity contribution is 0.117. The Morgan fingerprint density at radius 2 is 1.50 bits per heavy atom. The molecule has 206 valence electrons. The molecule has 0 spiro atoms. The van der Waals surface area contributed by atoms with E-state index in [4.69, 9.17) is 18.9 Å². The fourth-order valence-electron chi connectivity index (χ4n) is 4.35. The van der Waals surface area contributed by atoms with Gasteiger partial charge in [0, 0.05) is 44.2 Å². The lowest BCUT2D eigenvalue weighted by Crippen LogP contribution is -2.41. The summed E-state index contributed by atoms with van der Waals surface area (Å²) in [7, 11) is 0. The van der Waals surface area contributed by atoms with E-state index in [0.29, 0.717) is 49.6 Å². The second-order valence-electron chi connectivity index (χ2n) is 9.78. The van der Waals surface area contributed by atoms with Gasteiger partial charge in [-0.15, -0.1) is 0 Å². The summed E-state index contributed by atoms with van der Waals surface area (Å²) in [5.74, 6) is 3.78. The number of aryl methyl sites for hydroxylation is 1. The van der Waals surface area contributed by atoms with Crippen LogP contribution in [0.1, 0.15) is 24.0 Å². The van der Waals surface area contributed by atoms with Crippen molar-refractivity contribution in [3.63, 3.8) is 0 Å². The summed E-state index contributed by atoms with van der Waals surface area (Å²) >= 11 is 0. The quantitative estimate of drug-likeness (QED) is 0.228. The monoisotopic (exact) mass is 539 g/mol. The van der Waals surface area contributed by atoms with Crippen molar-refractivity contribution in [2.75, 3.05) is 26.3 Å². The Morgan fingerprint density at radius 3 is 2.20 bits per heavy atom. The molecule has 0 unspecified atom stereocenters. The average molecular weight is 540 g/mol. The summed E-state index contributed by atoms with van der Waals surface area (Å²) in [6, 6.07) is 22.6. The zero-order valence-corrected chi connectivity index (χ0v) is 22.6. The second kappa shape index (κ2) is 13.5. The molecule has 1 aliphatic heterocycles. The van der Waals surface area contributed by atoms with Crippen LogP contribution in [0.4, 0.5) is 4.79 Å². The highest BCUT2D eigenvalue weighted by Gasteiger charge is 2.24. The normalized spacial score (nSPS) is 13.5. The van der Waals surface area contributed by atoms with Gasteiger partial charge in [0.25, 0.3) is 0 Å². The van der Waals surface area contributed by atoms with E-state index in [-0.39, 0.29) is 6.09 Å². The van der Waals surface area contributed by atoms with E-state index in [0.717, 1.165) is 41.9 Å². The topological polar surface area (TPSA) is 83.0 Å². The highest BCUT2D eigenvalue weighted by atomic mass is 16.6. The molecule has 0 radical (unpaired) electrons. The summed E-state index contributed by atoms with van der Waals surface area (Å²) < 4.78 is 23.1. The summed E-state index contributed by atoms with van der Waals surface area (Å²) in [6.45, 7) is 4.45. The SMILES string of the molecule is Cc1ccc(Oc2ccc(OCC3CCN(C(=O)Oc4ccc(CCOc5ccncc5)cc4)CC3)cc2)nc1. The van der Waals surface area contributed by atoms with Gasteiger partial charge in [-0.25, -0.2) is 9.78 Å². The van der Waals surface area contributed by atoms with Crippen molar-refractivity contribution in [2.24, 2.45) is 5.92 Å². The zero-order valence-electron chi connectivity index (χ0n) is 22.6. The summed E-state index contributed by atoms with van der Waals surface area (Å²) in [6.07, 6.45) is 7.37. The first-order valence-corrected chi connectivity index (χ1v) is 13.5. The van der Waals surface area contributed by atoms with E-state index >= 15 is 0 Å². The number of hydrogen-bond acceptors (Lipinski definition) is 7. The summed E-state index contributed by atoms with van der Waals surface area (Å²) in [4.78, 5) is 22.7. The highest BCUT2D eigenvalue weighted by molar-refractivity contribution is 5.70. The number of nitrogens with zero attached hydrogens (tertiary/aromatic N) is 3. The van der Waals surface area contributed by atoms with Crippen molar-refractivity contribution in [1.82, 2.24) is 14.9 Å². The van der Waals surface area contributed by atoms with E-state index in [1.54, 1.807) is 23.5 Å². The maximum atomic E-state index is 12.7. The molecule has 8 nitrogen and oxygen atoms in total. The lowest BCUT2D eigenvalue weighted by atomic mass is 9.98. The number of ether oxygens (including phenoxy) is 4. The number of piperidine rings is 1. The molecule has 1 amide bonds. The number of amides is 1. The molecule has 5 rings (SSSR count). The molecule has 2 aromatic carbocycles. The minimum absolute atomic E-state index is 0.313. The molecule has 1 fully saturated rings. The highest BCUT2D eigenvalue weighted by Crippen LogP contribution is 2.25. The molecule has 0 N–H and O–H groups in total. The number of carbonyl (C=O) groups is 1. The van der Waals surface area contributed by atoms with Crippen LogP contribution in [0.5, 0.6) is 28.9 Å². The van der Waals surface area contributed by atoms with Crippen molar-refractivity contribution >= 4 is 6.09 Å².